The minimum atomic E-state index is -4.25. The topological polar surface area (TPSA) is 63.6 Å². The van der Waals surface area contributed by atoms with Crippen LogP contribution >= 0.6 is 0 Å². The van der Waals surface area contributed by atoms with E-state index in [-0.39, 0.29) is 11.0 Å². The van der Waals surface area contributed by atoms with Crippen LogP contribution in [-0.4, -0.2) is 19.6 Å². The molecule has 1 atom stereocenters. The Kier molecular flexibility index (Phi) is 9.56. The lowest BCUT2D eigenvalue weighted by Crippen LogP contribution is -2.12. The summed E-state index contributed by atoms with van der Waals surface area (Å²) in [5.74, 6) is 0. The van der Waals surface area contributed by atoms with Crippen molar-refractivity contribution in [3.05, 3.63) is 29.3 Å². The van der Waals surface area contributed by atoms with Crippen molar-refractivity contribution >= 4 is 10.1 Å². The summed E-state index contributed by atoms with van der Waals surface area (Å²) in [4.78, 5) is -0.0240. The van der Waals surface area contributed by atoms with Gasteiger partial charge >= 0.3 is 0 Å². The van der Waals surface area contributed by atoms with Crippen LogP contribution < -0.4 is 0 Å². The number of rotatable bonds is 12. The first-order chi connectivity index (χ1) is 11.4. The first-order valence-electron chi connectivity index (χ1n) is 9.09. The van der Waals surface area contributed by atoms with Gasteiger partial charge in [0.25, 0.3) is 10.1 Å². The molecule has 0 aliphatic carbocycles. The maximum atomic E-state index is 11.7. The van der Waals surface area contributed by atoms with E-state index in [1.54, 1.807) is 6.07 Å². The van der Waals surface area contributed by atoms with E-state index < -0.39 is 10.1 Å². The van der Waals surface area contributed by atoms with Crippen LogP contribution in [0.5, 0.6) is 0 Å². The number of aryl methyl sites for hydroxylation is 1. The Balaban J connectivity index is 2.96. The molecule has 0 bridgehead atoms. The highest BCUT2D eigenvalue weighted by Gasteiger charge is 2.22. The predicted octanol–water partition coefficient (Wildman–Crippen LogP) is 5.46. The summed E-state index contributed by atoms with van der Waals surface area (Å²) < 4.78 is 39.0. The molecule has 0 heterocycles. The lowest BCUT2D eigenvalue weighted by molar-refractivity contribution is 0.0404. The summed E-state index contributed by atoms with van der Waals surface area (Å²) in [6, 6.07) is 5.01. The van der Waals surface area contributed by atoms with Gasteiger partial charge in [0, 0.05) is 12.2 Å². The molecule has 1 N–H and O–H groups in total. The van der Waals surface area contributed by atoms with E-state index in [9.17, 15) is 13.0 Å². The summed E-state index contributed by atoms with van der Waals surface area (Å²) in [6.45, 7) is 6.84. The van der Waals surface area contributed by atoms with Gasteiger partial charge < -0.3 is 4.74 Å². The molecule has 0 saturated heterocycles. The van der Waals surface area contributed by atoms with Crippen molar-refractivity contribution in [2.45, 2.75) is 83.1 Å². The van der Waals surface area contributed by atoms with Crippen molar-refractivity contribution in [1.29, 1.82) is 0 Å². The largest absolute Gasteiger partial charge is 0.373 e. The van der Waals surface area contributed by atoms with Crippen LogP contribution in [0.2, 0.25) is 0 Å². The molecule has 0 saturated carbocycles. The molecule has 0 aromatic heterocycles. The fourth-order valence-corrected chi connectivity index (χ4v) is 3.55. The van der Waals surface area contributed by atoms with Crippen LogP contribution in [0, 0.1) is 6.92 Å². The van der Waals surface area contributed by atoms with E-state index >= 15 is 0 Å². The predicted molar refractivity (Wildman–Crippen MR) is 98.0 cm³/mol. The van der Waals surface area contributed by atoms with Gasteiger partial charge in [-0.1, -0.05) is 70.1 Å². The first-order valence-corrected chi connectivity index (χ1v) is 10.5. The molecule has 138 valence electrons. The van der Waals surface area contributed by atoms with Gasteiger partial charge in [0.2, 0.25) is 0 Å². The Hall–Kier alpha value is -0.910. The van der Waals surface area contributed by atoms with Gasteiger partial charge in [-0.25, -0.2) is 0 Å². The monoisotopic (exact) mass is 356 g/mol. The second-order valence-electron chi connectivity index (χ2n) is 6.43. The SMILES string of the molecule is CCCCCCC(OCCCCC)c1cc(C)ccc1S(=O)(=O)O. The fraction of sp³-hybridized carbons (Fsp3) is 0.684. The third-order valence-electron chi connectivity index (χ3n) is 4.18. The summed E-state index contributed by atoms with van der Waals surface area (Å²) in [5, 5.41) is 0. The summed E-state index contributed by atoms with van der Waals surface area (Å²) in [7, 11) is -4.25. The van der Waals surface area contributed by atoms with Gasteiger partial charge in [-0.05, 0) is 25.8 Å². The number of ether oxygens (including phenoxy) is 1. The van der Waals surface area contributed by atoms with Gasteiger partial charge in [-0.2, -0.15) is 8.42 Å². The average molecular weight is 357 g/mol. The normalized spacial score (nSPS) is 13.2. The maximum absolute atomic E-state index is 11.7. The molecule has 0 radical (unpaired) electrons. The maximum Gasteiger partial charge on any atom is 0.294 e. The Morgan fingerprint density at radius 3 is 2.33 bits per heavy atom. The minimum Gasteiger partial charge on any atom is -0.373 e. The second-order valence-corrected chi connectivity index (χ2v) is 7.82. The third-order valence-corrected chi connectivity index (χ3v) is 5.10. The molecule has 0 spiro atoms. The van der Waals surface area contributed by atoms with Crippen LogP contribution in [0.25, 0.3) is 0 Å². The zero-order valence-corrected chi connectivity index (χ0v) is 16.1. The van der Waals surface area contributed by atoms with Gasteiger partial charge in [-0.15, -0.1) is 0 Å². The number of hydrogen-bond acceptors (Lipinski definition) is 3. The van der Waals surface area contributed by atoms with Gasteiger partial charge in [0.05, 0.1) is 11.0 Å². The molecule has 0 amide bonds. The lowest BCUT2D eigenvalue weighted by atomic mass is 10.0. The quantitative estimate of drug-likeness (QED) is 0.399. The molecule has 4 nitrogen and oxygen atoms in total. The fourth-order valence-electron chi connectivity index (χ4n) is 2.82. The van der Waals surface area contributed by atoms with Gasteiger partial charge in [-0.3, -0.25) is 4.55 Å². The average Bonchev–Trinajstić information content (AvgIpc) is 2.52. The highest BCUT2D eigenvalue weighted by atomic mass is 32.2. The van der Waals surface area contributed by atoms with Crippen LogP contribution in [0.4, 0.5) is 0 Å². The number of benzene rings is 1. The van der Waals surface area contributed by atoms with Crippen molar-refractivity contribution in [3.63, 3.8) is 0 Å². The van der Waals surface area contributed by atoms with E-state index in [1.807, 2.05) is 13.0 Å². The zero-order valence-electron chi connectivity index (χ0n) is 15.3. The molecule has 1 unspecified atom stereocenters. The van der Waals surface area contributed by atoms with Crippen molar-refractivity contribution < 1.29 is 17.7 Å². The third kappa shape index (κ3) is 7.32. The standard InChI is InChI=1S/C19H32O4S/c1-4-6-8-9-11-18(23-14-10-7-5-2)17-15-16(3)12-13-19(17)24(20,21)22/h12-13,15,18H,4-11,14H2,1-3H3,(H,20,21,22). The molecular formula is C19H32O4S. The smallest absolute Gasteiger partial charge is 0.294 e. The summed E-state index contributed by atoms with van der Waals surface area (Å²) in [5.41, 5.74) is 1.55. The van der Waals surface area contributed by atoms with E-state index in [4.69, 9.17) is 4.74 Å². The number of unbranched alkanes of at least 4 members (excludes halogenated alkanes) is 5. The highest BCUT2D eigenvalue weighted by Crippen LogP contribution is 2.31. The second kappa shape index (κ2) is 10.9. The molecular weight excluding hydrogens is 324 g/mol. The van der Waals surface area contributed by atoms with Crippen molar-refractivity contribution in [2.75, 3.05) is 6.61 Å². The number of hydrogen-bond donors (Lipinski definition) is 1. The molecule has 1 aromatic rings. The summed E-state index contributed by atoms with van der Waals surface area (Å²) in [6.07, 6.45) is 8.10. The molecule has 0 fully saturated rings. The molecule has 1 rings (SSSR count). The van der Waals surface area contributed by atoms with Gasteiger partial charge in [0.15, 0.2) is 0 Å². The lowest BCUT2D eigenvalue weighted by Gasteiger charge is -2.21. The highest BCUT2D eigenvalue weighted by molar-refractivity contribution is 7.85. The van der Waals surface area contributed by atoms with E-state index in [0.29, 0.717) is 12.2 Å². The Bertz CT molecular complexity index is 569. The summed E-state index contributed by atoms with van der Waals surface area (Å²) >= 11 is 0. The van der Waals surface area contributed by atoms with Crippen LogP contribution in [0.15, 0.2) is 23.1 Å². The Labute approximate surface area is 147 Å². The van der Waals surface area contributed by atoms with Crippen LogP contribution in [-0.2, 0) is 14.9 Å². The van der Waals surface area contributed by atoms with Crippen molar-refractivity contribution in [1.82, 2.24) is 0 Å². The Morgan fingerprint density at radius 2 is 1.71 bits per heavy atom. The molecule has 0 aliphatic heterocycles. The molecule has 1 aromatic carbocycles. The van der Waals surface area contributed by atoms with Crippen LogP contribution in [0.3, 0.4) is 0 Å². The first kappa shape index (κ1) is 21.1. The van der Waals surface area contributed by atoms with Crippen LogP contribution in [0.1, 0.15) is 82.4 Å². The molecule has 24 heavy (non-hydrogen) atoms. The van der Waals surface area contributed by atoms with Crippen molar-refractivity contribution in [2.24, 2.45) is 0 Å². The minimum absolute atomic E-state index is 0.0240. The molecule has 0 aliphatic rings. The van der Waals surface area contributed by atoms with E-state index in [1.165, 1.54) is 12.5 Å². The zero-order chi connectivity index (χ0) is 18.0. The van der Waals surface area contributed by atoms with Gasteiger partial charge in [0.1, 0.15) is 0 Å². The van der Waals surface area contributed by atoms with Crippen molar-refractivity contribution in [3.8, 4) is 0 Å². The van der Waals surface area contributed by atoms with E-state index in [2.05, 4.69) is 13.8 Å². The Morgan fingerprint density at radius 1 is 1.04 bits per heavy atom. The molecule has 5 heteroatoms. The van der Waals surface area contributed by atoms with E-state index in [0.717, 1.165) is 50.5 Å².